The number of hydrogen-bond donors (Lipinski definition) is 1. The number of halogens is 1. The largest absolute Gasteiger partial charge is 0.496 e. The number of ether oxygens (including phenoxy) is 1. The lowest BCUT2D eigenvalue weighted by atomic mass is 10.1. The van der Waals surface area contributed by atoms with Crippen LogP contribution in [0.3, 0.4) is 0 Å². The van der Waals surface area contributed by atoms with Crippen molar-refractivity contribution < 1.29 is 14.3 Å². The SMILES string of the molecule is COc1ccc(C2=CC(=O)NC2=O)cc1Br. The minimum absolute atomic E-state index is 0.369. The Morgan fingerprint density at radius 2 is 2.06 bits per heavy atom. The molecule has 1 heterocycles. The van der Waals surface area contributed by atoms with Crippen LogP contribution in [-0.4, -0.2) is 18.9 Å². The standard InChI is InChI=1S/C11H8BrNO3/c1-16-9-3-2-6(4-8(9)12)7-5-10(14)13-11(7)15/h2-5H,1H3,(H,13,14,15). The summed E-state index contributed by atoms with van der Waals surface area (Å²) in [5, 5.41) is 2.20. The maximum Gasteiger partial charge on any atom is 0.258 e. The number of imide groups is 1. The van der Waals surface area contributed by atoms with Gasteiger partial charge in [0.1, 0.15) is 5.75 Å². The molecule has 0 fully saturated rings. The first kappa shape index (κ1) is 10.9. The third-order valence-electron chi connectivity index (χ3n) is 2.22. The molecule has 0 saturated carbocycles. The number of amides is 2. The van der Waals surface area contributed by atoms with Gasteiger partial charge in [0.2, 0.25) is 0 Å². The number of methoxy groups -OCH3 is 1. The smallest absolute Gasteiger partial charge is 0.258 e. The quantitative estimate of drug-likeness (QED) is 0.836. The van der Waals surface area contributed by atoms with Crippen LogP contribution in [0.25, 0.3) is 5.57 Å². The summed E-state index contributed by atoms with van der Waals surface area (Å²) in [5.74, 6) is -0.0805. The number of nitrogens with one attached hydrogen (secondary N) is 1. The van der Waals surface area contributed by atoms with E-state index in [1.807, 2.05) is 0 Å². The van der Waals surface area contributed by atoms with Gasteiger partial charge < -0.3 is 4.74 Å². The number of benzene rings is 1. The first-order valence-corrected chi connectivity index (χ1v) is 5.32. The third-order valence-corrected chi connectivity index (χ3v) is 2.84. The molecule has 4 nitrogen and oxygen atoms in total. The van der Waals surface area contributed by atoms with Crippen LogP contribution in [0.1, 0.15) is 5.56 Å². The number of carbonyl (C=O) groups excluding carboxylic acids is 2. The van der Waals surface area contributed by atoms with E-state index >= 15 is 0 Å². The molecule has 0 bridgehead atoms. The van der Waals surface area contributed by atoms with Gasteiger partial charge >= 0.3 is 0 Å². The van der Waals surface area contributed by atoms with E-state index in [-0.39, 0.29) is 11.8 Å². The van der Waals surface area contributed by atoms with Gasteiger partial charge in [-0.05, 0) is 33.6 Å². The Balaban J connectivity index is 2.42. The van der Waals surface area contributed by atoms with Crippen LogP contribution < -0.4 is 10.1 Å². The second-order valence-electron chi connectivity index (χ2n) is 3.23. The average Bonchev–Trinajstić information content (AvgIpc) is 2.58. The summed E-state index contributed by atoms with van der Waals surface area (Å²) in [6.45, 7) is 0. The normalized spacial score (nSPS) is 14.8. The molecule has 16 heavy (non-hydrogen) atoms. The molecule has 1 N–H and O–H groups in total. The Morgan fingerprint density at radius 3 is 2.56 bits per heavy atom. The van der Waals surface area contributed by atoms with E-state index in [1.165, 1.54) is 6.08 Å². The van der Waals surface area contributed by atoms with Crippen molar-refractivity contribution in [3.63, 3.8) is 0 Å². The van der Waals surface area contributed by atoms with Crippen molar-refractivity contribution in [2.24, 2.45) is 0 Å². The number of rotatable bonds is 2. The second kappa shape index (κ2) is 4.09. The van der Waals surface area contributed by atoms with Gasteiger partial charge in [0.25, 0.3) is 11.8 Å². The monoisotopic (exact) mass is 281 g/mol. The van der Waals surface area contributed by atoms with Crippen molar-refractivity contribution in [3.05, 3.63) is 34.3 Å². The maximum atomic E-state index is 11.4. The Labute approximate surface area is 100 Å². The van der Waals surface area contributed by atoms with Gasteiger partial charge in [-0.25, -0.2) is 0 Å². The summed E-state index contributed by atoms with van der Waals surface area (Å²) in [6, 6.07) is 5.20. The van der Waals surface area contributed by atoms with Crippen LogP contribution in [0.2, 0.25) is 0 Å². The Bertz CT molecular complexity index is 508. The molecule has 2 amide bonds. The molecule has 2 rings (SSSR count). The summed E-state index contributed by atoms with van der Waals surface area (Å²) < 4.78 is 5.81. The molecular formula is C11H8BrNO3. The van der Waals surface area contributed by atoms with E-state index in [2.05, 4.69) is 21.2 Å². The van der Waals surface area contributed by atoms with Crippen LogP contribution in [0.15, 0.2) is 28.7 Å². The highest BCUT2D eigenvalue weighted by Crippen LogP contribution is 2.29. The summed E-state index contributed by atoms with van der Waals surface area (Å²) in [7, 11) is 1.56. The summed E-state index contributed by atoms with van der Waals surface area (Å²) in [4.78, 5) is 22.4. The molecule has 1 aliphatic rings. The van der Waals surface area contributed by atoms with Crippen LogP contribution in [0.5, 0.6) is 5.75 Å². The van der Waals surface area contributed by atoms with Crippen molar-refractivity contribution in [2.75, 3.05) is 7.11 Å². The van der Waals surface area contributed by atoms with E-state index in [0.717, 1.165) is 4.47 Å². The van der Waals surface area contributed by atoms with Gasteiger partial charge in [0, 0.05) is 6.08 Å². The predicted octanol–water partition coefficient (Wildman–Crippen LogP) is 1.50. The summed E-state index contributed by atoms with van der Waals surface area (Å²) >= 11 is 3.32. The third kappa shape index (κ3) is 1.86. The van der Waals surface area contributed by atoms with E-state index in [0.29, 0.717) is 16.9 Å². The van der Waals surface area contributed by atoms with Crippen LogP contribution in [0, 0.1) is 0 Å². The van der Waals surface area contributed by atoms with Crippen LogP contribution in [-0.2, 0) is 9.59 Å². The molecule has 1 aromatic carbocycles. The Kier molecular flexibility index (Phi) is 2.78. The zero-order chi connectivity index (χ0) is 11.7. The fourth-order valence-corrected chi connectivity index (χ4v) is 2.00. The van der Waals surface area contributed by atoms with Crippen molar-refractivity contribution in [3.8, 4) is 5.75 Å². The first-order chi connectivity index (χ1) is 7.61. The van der Waals surface area contributed by atoms with Gasteiger partial charge in [-0.1, -0.05) is 6.07 Å². The summed E-state index contributed by atoms with van der Waals surface area (Å²) in [5.41, 5.74) is 1.05. The molecule has 5 heteroatoms. The van der Waals surface area contributed by atoms with Gasteiger partial charge in [0.05, 0.1) is 17.2 Å². The fraction of sp³-hybridized carbons (Fsp3) is 0.0909. The van der Waals surface area contributed by atoms with E-state index in [9.17, 15) is 9.59 Å². The molecule has 1 aliphatic heterocycles. The number of hydrogen-bond acceptors (Lipinski definition) is 3. The van der Waals surface area contributed by atoms with E-state index < -0.39 is 0 Å². The maximum absolute atomic E-state index is 11.4. The lowest BCUT2D eigenvalue weighted by Crippen LogP contribution is -2.21. The van der Waals surface area contributed by atoms with Crippen molar-refractivity contribution in [2.45, 2.75) is 0 Å². The topological polar surface area (TPSA) is 55.4 Å². The molecule has 0 aliphatic carbocycles. The van der Waals surface area contributed by atoms with Gasteiger partial charge in [-0.3, -0.25) is 14.9 Å². The zero-order valence-corrected chi connectivity index (χ0v) is 10.00. The van der Waals surface area contributed by atoms with Crippen LogP contribution in [0.4, 0.5) is 0 Å². The molecule has 0 spiro atoms. The molecule has 82 valence electrons. The molecule has 0 atom stereocenters. The first-order valence-electron chi connectivity index (χ1n) is 4.52. The molecule has 0 unspecified atom stereocenters. The zero-order valence-electron chi connectivity index (χ0n) is 8.41. The molecular weight excluding hydrogens is 274 g/mol. The predicted molar refractivity (Wildman–Crippen MR) is 61.8 cm³/mol. The fourth-order valence-electron chi connectivity index (χ4n) is 1.46. The van der Waals surface area contributed by atoms with Crippen LogP contribution >= 0.6 is 15.9 Å². The number of carbonyl (C=O) groups is 2. The average molecular weight is 282 g/mol. The minimum Gasteiger partial charge on any atom is -0.496 e. The van der Waals surface area contributed by atoms with Gasteiger partial charge in [-0.15, -0.1) is 0 Å². The summed E-state index contributed by atoms with van der Waals surface area (Å²) in [6.07, 6.45) is 1.29. The van der Waals surface area contributed by atoms with E-state index in [1.54, 1.807) is 25.3 Å². The minimum atomic E-state index is -0.382. The molecule has 0 radical (unpaired) electrons. The lowest BCUT2D eigenvalue weighted by molar-refractivity contribution is -0.123. The lowest BCUT2D eigenvalue weighted by Gasteiger charge is -2.05. The highest BCUT2D eigenvalue weighted by molar-refractivity contribution is 9.10. The highest BCUT2D eigenvalue weighted by Gasteiger charge is 2.22. The van der Waals surface area contributed by atoms with Crippen molar-refractivity contribution in [1.82, 2.24) is 5.32 Å². The van der Waals surface area contributed by atoms with E-state index in [4.69, 9.17) is 4.74 Å². The van der Waals surface area contributed by atoms with Gasteiger partial charge in [0.15, 0.2) is 0 Å². The second-order valence-corrected chi connectivity index (χ2v) is 4.08. The van der Waals surface area contributed by atoms with Crippen molar-refractivity contribution in [1.29, 1.82) is 0 Å². The molecule has 1 aromatic rings. The molecule has 0 aromatic heterocycles. The molecule has 0 saturated heterocycles. The van der Waals surface area contributed by atoms with Crippen molar-refractivity contribution >= 4 is 33.3 Å². The Morgan fingerprint density at radius 1 is 1.31 bits per heavy atom. The Hall–Kier alpha value is -1.62. The van der Waals surface area contributed by atoms with Gasteiger partial charge in [-0.2, -0.15) is 0 Å². The highest BCUT2D eigenvalue weighted by atomic mass is 79.9.